The first-order valence-corrected chi connectivity index (χ1v) is 7.05. The molecule has 0 fully saturated rings. The maximum Gasteiger partial charge on any atom is 0.286 e. The lowest BCUT2D eigenvalue weighted by Gasteiger charge is -2.04. The highest BCUT2D eigenvalue weighted by Crippen LogP contribution is 2.27. The lowest BCUT2D eigenvalue weighted by atomic mass is 10.3. The molecule has 0 atom stereocenters. The normalized spacial score (nSPS) is 10.8. The quantitative estimate of drug-likeness (QED) is 0.624. The van der Waals surface area contributed by atoms with Gasteiger partial charge in [-0.05, 0) is 25.1 Å². The summed E-state index contributed by atoms with van der Waals surface area (Å²) < 4.78 is 1.74. The third-order valence-corrected chi connectivity index (χ3v) is 4.25. The van der Waals surface area contributed by atoms with Crippen LogP contribution in [-0.4, -0.2) is 26.6 Å². The molecule has 3 aromatic heterocycles. The van der Waals surface area contributed by atoms with E-state index in [9.17, 15) is 9.59 Å². The molecule has 108 valence electrons. The lowest BCUT2D eigenvalue weighted by molar-refractivity contribution is 0.0846. The SMILES string of the molecule is Cc1nn(C)c2sc(C(=O)NNC(=O)c3ccc[nH]3)cc12. The van der Waals surface area contributed by atoms with Crippen LogP contribution in [0.25, 0.3) is 10.2 Å². The average molecular weight is 303 g/mol. The zero-order valence-corrected chi connectivity index (χ0v) is 12.2. The third-order valence-electron chi connectivity index (χ3n) is 3.05. The van der Waals surface area contributed by atoms with Crippen molar-refractivity contribution < 1.29 is 9.59 Å². The van der Waals surface area contributed by atoms with Crippen molar-refractivity contribution >= 4 is 33.4 Å². The molecule has 21 heavy (non-hydrogen) atoms. The maximum atomic E-state index is 12.1. The first-order valence-electron chi connectivity index (χ1n) is 6.23. The number of aryl methyl sites for hydroxylation is 2. The monoisotopic (exact) mass is 303 g/mol. The fourth-order valence-corrected chi connectivity index (χ4v) is 3.05. The number of nitrogens with zero attached hydrogens (tertiary/aromatic N) is 2. The second-order valence-electron chi connectivity index (χ2n) is 4.53. The zero-order valence-electron chi connectivity index (χ0n) is 11.4. The van der Waals surface area contributed by atoms with Crippen molar-refractivity contribution in [2.24, 2.45) is 7.05 Å². The van der Waals surface area contributed by atoms with E-state index in [0.29, 0.717) is 10.6 Å². The molecule has 0 spiro atoms. The Balaban J connectivity index is 1.72. The second kappa shape index (κ2) is 5.06. The highest BCUT2D eigenvalue weighted by Gasteiger charge is 2.15. The van der Waals surface area contributed by atoms with Crippen molar-refractivity contribution in [2.75, 3.05) is 0 Å². The number of thiophene rings is 1. The molecule has 0 unspecified atom stereocenters. The van der Waals surface area contributed by atoms with E-state index in [4.69, 9.17) is 0 Å². The average Bonchev–Trinajstić information content (AvgIpc) is 3.15. The van der Waals surface area contributed by atoms with Gasteiger partial charge in [-0.25, -0.2) is 0 Å². The highest BCUT2D eigenvalue weighted by atomic mass is 32.1. The molecular weight excluding hydrogens is 290 g/mol. The van der Waals surface area contributed by atoms with Gasteiger partial charge in [-0.1, -0.05) is 0 Å². The fraction of sp³-hybridized carbons (Fsp3) is 0.154. The Hall–Kier alpha value is -2.61. The number of nitrogens with one attached hydrogen (secondary N) is 3. The zero-order chi connectivity index (χ0) is 15.0. The Labute approximate surface area is 123 Å². The van der Waals surface area contributed by atoms with E-state index in [-0.39, 0.29) is 5.91 Å². The molecule has 0 saturated heterocycles. The van der Waals surface area contributed by atoms with Gasteiger partial charge in [-0.2, -0.15) is 5.10 Å². The second-order valence-corrected chi connectivity index (χ2v) is 5.56. The molecule has 0 bridgehead atoms. The van der Waals surface area contributed by atoms with Gasteiger partial charge in [0.25, 0.3) is 11.8 Å². The maximum absolute atomic E-state index is 12.1. The summed E-state index contributed by atoms with van der Waals surface area (Å²) in [6, 6.07) is 5.10. The van der Waals surface area contributed by atoms with Crippen LogP contribution in [0.15, 0.2) is 24.4 Å². The van der Waals surface area contributed by atoms with Crippen LogP contribution < -0.4 is 10.9 Å². The van der Waals surface area contributed by atoms with E-state index in [2.05, 4.69) is 20.9 Å². The van der Waals surface area contributed by atoms with Crippen LogP contribution in [0.2, 0.25) is 0 Å². The highest BCUT2D eigenvalue weighted by molar-refractivity contribution is 7.20. The summed E-state index contributed by atoms with van der Waals surface area (Å²) in [7, 11) is 1.83. The van der Waals surface area contributed by atoms with Gasteiger partial charge in [0.2, 0.25) is 0 Å². The van der Waals surface area contributed by atoms with E-state index in [1.165, 1.54) is 11.3 Å². The number of amides is 2. The van der Waals surface area contributed by atoms with Crippen LogP contribution in [0, 0.1) is 6.92 Å². The minimum atomic E-state index is -0.396. The van der Waals surface area contributed by atoms with Gasteiger partial charge in [-0.15, -0.1) is 11.3 Å². The van der Waals surface area contributed by atoms with E-state index in [0.717, 1.165) is 15.9 Å². The Morgan fingerprint density at radius 2 is 2.10 bits per heavy atom. The molecule has 3 N–H and O–H groups in total. The Morgan fingerprint density at radius 1 is 1.33 bits per heavy atom. The predicted molar refractivity (Wildman–Crippen MR) is 79.1 cm³/mol. The van der Waals surface area contributed by atoms with Crippen molar-refractivity contribution in [3.63, 3.8) is 0 Å². The lowest BCUT2D eigenvalue weighted by Crippen LogP contribution is -2.41. The summed E-state index contributed by atoms with van der Waals surface area (Å²) in [4.78, 5) is 28.0. The molecule has 3 heterocycles. The van der Waals surface area contributed by atoms with Gasteiger partial charge >= 0.3 is 0 Å². The standard InChI is InChI=1S/C13H13N5O2S/c1-7-8-6-10(21-13(8)18(2)17-7)12(20)16-15-11(19)9-4-3-5-14-9/h3-6,14H,1-2H3,(H,15,19)(H,16,20). The molecule has 7 nitrogen and oxygen atoms in total. The number of H-pyrrole nitrogens is 1. The molecule has 0 radical (unpaired) electrons. The topological polar surface area (TPSA) is 91.8 Å². The van der Waals surface area contributed by atoms with E-state index in [1.807, 2.05) is 14.0 Å². The van der Waals surface area contributed by atoms with Gasteiger partial charge in [0.15, 0.2) is 0 Å². The summed E-state index contributed by atoms with van der Waals surface area (Å²) in [5, 5.41) is 5.23. The fourth-order valence-electron chi connectivity index (χ4n) is 2.03. The Kier molecular flexibility index (Phi) is 3.22. The number of hydrogen-bond acceptors (Lipinski definition) is 4. The first kappa shape index (κ1) is 13.4. The summed E-state index contributed by atoms with van der Waals surface area (Å²) in [6.07, 6.45) is 1.64. The number of hydrogen-bond donors (Lipinski definition) is 3. The van der Waals surface area contributed by atoms with Crippen molar-refractivity contribution in [3.05, 3.63) is 40.7 Å². The Bertz CT molecular complexity index is 781. The van der Waals surface area contributed by atoms with Gasteiger partial charge in [0, 0.05) is 18.6 Å². The van der Waals surface area contributed by atoms with Crippen molar-refractivity contribution in [1.29, 1.82) is 0 Å². The van der Waals surface area contributed by atoms with Crippen molar-refractivity contribution in [1.82, 2.24) is 25.6 Å². The molecule has 3 aromatic rings. The minimum absolute atomic E-state index is 0.351. The smallest absolute Gasteiger partial charge is 0.286 e. The number of hydrazine groups is 1. The van der Waals surface area contributed by atoms with Crippen molar-refractivity contribution in [2.45, 2.75) is 6.92 Å². The molecule has 8 heteroatoms. The molecule has 0 saturated carbocycles. The Morgan fingerprint density at radius 3 is 2.76 bits per heavy atom. The third kappa shape index (κ3) is 2.40. The molecule has 0 aliphatic heterocycles. The number of aromatic amines is 1. The molecular formula is C13H13N5O2S. The van der Waals surface area contributed by atoms with Crippen molar-refractivity contribution in [3.8, 4) is 0 Å². The number of carbonyl (C=O) groups is 2. The molecule has 0 aliphatic carbocycles. The molecule has 3 rings (SSSR count). The number of fused-ring (bicyclic) bond motifs is 1. The van der Waals surface area contributed by atoms with Crippen LogP contribution in [0.5, 0.6) is 0 Å². The minimum Gasteiger partial charge on any atom is -0.357 e. The van der Waals surface area contributed by atoms with Crippen LogP contribution in [0.3, 0.4) is 0 Å². The van der Waals surface area contributed by atoms with E-state index in [1.54, 1.807) is 29.1 Å². The predicted octanol–water partition coefficient (Wildman–Crippen LogP) is 1.35. The van der Waals surface area contributed by atoms with Gasteiger partial charge in [0.1, 0.15) is 10.5 Å². The number of rotatable bonds is 2. The number of aromatic nitrogens is 3. The van der Waals surface area contributed by atoms with Crippen LogP contribution in [0.1, 0.15) is 25.9 Å². The van der Waals surface area contributed by atoms with Crippen LogP contribution in [0.4, 0.5) is 0 Å². The van der Waals surface area contributed by atoms with E-state index >= 15 is 0 Å². The van der Waals surface area contributed by atoms with Gasteiger partial charge < -0.3 is 4.98 Å². The summed E-state index contributed by atoms with van der Waals surface area (Å²) in [5.74, 6) is -0.747. The van der Waals surface area contributed by atoms with Gasteiger partial charge in [-0.3, -0.25) is 25.1 Å². The summed E-state index contributed by atoms with van der Waals surface area (Å²) in [6.45, 7) is 1.89. The molecule has 0 aliphatic rings. The van der Waals surface area contributed by atoms with Crippen LogP contribution in [-0.2, 0) is 7.05 Å². The molecule has 0 aromatic carbocycles. The largest absolute Gasteiger partial charge is 0.357 e. The summed E-state index contributed by atoms with van der Waals surface area (Å²) in [5.41, 5.74) is 6.02. The van der Waals surface area contributed by atoms with Crippen LogP contribution >= 0.6 is 11.3 Å². The first-order chi connectivity index (χ1) is 10.1. The van der Waals surface area contributed by atoms with Gasteiger partial charge in [0.05, 0.1) is 10.6 Å². The molecule has 2 amide bonds. The number of carbonyl (C=O) groups excluding carboxylic acids is 2. The summed E-state index contributed by atoms with van der Waals surface area (Å²) >= 11 is 1.33. The van der Waals surface area contributed by atoms with E-state index < -0.39 is 5.91 Å².